The lowest BCUT2D eigenvalue weighted by Crippen LogP contribution is -2.25. The quantitative estimate of drug-likeness (QED) is 0.897. The van der Waals surface area contributed by atoms with Gasteiger partial charge in [0.2, 0.25) is 5.95 Å². The minimum Gasteiger partial charge on any atom is -0.476 e. The molecule has 1 aliphatic heterocycles. The number of hydrogen-bond donors (Lipinski definition) is 1. The molecule has 2 aliphatic rings. The van der Waals surface area contributed by atoms with Crippen LogP contribution in [0.4, 0.5) is 14.7 Å². The summed E-state index contributed by atoms with van der Waals surface area (Å²) in [6.45, 7) is 1.71. The molecular formula is C15H15F2N5O2. The van der Waals surface area contributed by atoms with Crippen molar-refractivity contribution in [2.24, 2.45) is 11.8 Å². The Bertz CT molecular complexity index is 784. The van der Waals surface area contributed by atoms with E-state index in [4.69, 9.17) is 5.11 Å². The van der Waals surface area contributed by atoms with E-state index in [1.165, 1.54) is 29.7 Å². The molecule has 3 heterocycles. The van der Waals surface area contributed by atoms with Crippen LogP contribution in [0.1, 0.15) is 34.6 Å². The minimum atomic E-state index is -2.72. The third-order valence-electron chi connectivity index (χ3n) is 4.56. The summed E-state index contributed by atoms with van der Waals surface area (Å²) in [5, 5.41) is 8.86. The SMILES string of the molecule is O=C(O)c1cn(Cc2cnc(N3CC4CC4C3)nc2C(F)F)cn1. The number of carbonyl (C=O) groups is 1. The molecule has 7 nitrogen and oxygen atoms in total. The number of anilines is 1. The molecule has 0 aromatic carbocycles. The second kappa shape index (κ2) is 5.50. The molecule has 24 heavy (non-hydrogen) atoms. The fraction of sp³-hybridized carbons (Fsp3) is 0.467. The monoisotopic (exact) mass is 335 g/mol. The molecule has 9 heteroatoms. The van der Waals surface area contributed by atoms with E-state index in [1.807, 2.05) is 4.90 Å². The number of halogens is 2. The number of rotatable bonds is 5. The first kappa shape index (κ1) is 15.0. The zero-order chi connectivity index (χ0) is 16.8. The minimum absolute atomic E-state index is 0.0471. The second-order valence-electron chi connectivity index (χ2n) is 6.28. The van der Waals surface area contributed by atoms with Crippen LogP contribution in [0, 0.1) is 11.8 Å². The van der Waals surface area contributed by atoms with E-state index in [-0.39, 0.29) is 23.5 Å². The molecule has 0 radical (unpaired) electrons. The van der Waals surface area contributed by atoms with E-state index in [2.05, 4.69) is 15.0 Å². The number of carboxylic acid groups (broad SMARTS) is 1. The molecule has 2 fully saturated rings. The lowest BCUT2D eigenvalue weighted by molar-refractivity contribution is 0.0691. The van der Waals surface area contributed by atoms with Crippen molar-refractivity contribution in [3.63, 3.8) is 0 Å². The Morgan fingerprint density at radius 2 is 2.08 bits per heavy atom. The first-order valence-corrected chi connectivity index (χ1v) is 7.65. The molecule has 0 amide bonds. The normalized spacial score (nSPS) is 22.0. The van der Waals surface area contributed by atoms with Crippen LogP contribution in [-0.4, -0.2) is 43.7 Å². The van der Waals surface area contributed by atoms with E-state index in [0.717, 1.165) is 13.1 Å². The van der Waals surface area contributed by atoms with Gasteiger partial charge in [0, 0.05) is 31.0 Å². The maximum absolute atomic E-state index is 13.4. The zero-order valence-corrected chi connectivity index (χ0v) is 12.6. The van der Waals surface area contributed by atoms with Crippen molar-refractivity contribution in [2.45, 2.75) is 19.4 Å². The number of aromatic nitrogens is 4. The Kier molecular flexibility index (Phi) is 3.43. The third-order valence-corrected chi connectivity index (χ3v) is 4.56. The highest BCUT2D eigenvalue weighted by Gasteiger charge is 2.46. The van der Waals surface area contributed by atoms with Gasteiger partial charge in [-0.1, -0.05) is 0 Å². The molecule has 2 unspecified atom stereocenters. The van der Waals surface area contributed by atoms with Gasteiger partial charge in [-0.15, -0.1) is 0 Å². The number of hydrogen-bond acceptors (Lipinski definition) is 5. The summed E-state index contributed by atoms with van der Waals surface area (Å²) < 4.78 is 28.2. The number of fused-ring (bicyclic) bond motifs is 1. The smallest absolute Gasteiger partial charge is 0.356 e. The summed E-state index contributed by atoms with van der Waals surface area (Å²) in [5.74, 6) is 0.493. The highest BCUT2D eigenvalue weighted by Crippen LogP contribution is 2.45. The Labute approximate surface area is 136 Å². The van der Waals surface area contributed by atoms with Crippen LogP contribution in [-0.2, 0) is 6.54 Å². The number of piperidine rings is 1. The van der Waals surface area contributed by atoms with E-state index in [9.17, 15) is 13.6 Å². The van der Waals surface area contributed by atoms with Gasteiger partial charge in [-0.2, -0.15) is 0 Å². The van der Waals surface area contributed by atoms with Crippen molar-refractivity contribution in [1.29, 1.82) is 0 Å². The zero-order valence-electron chi connectivity index (χ0n) is 12.6. The van der Waals surface area contributed by atoms with Crippen molar-refractivity contribution in [2.75, 3.05) is 18.0 Å². The van der Waals surface area contributed by atoms with Gasteiger partial charge >= 0.3 is 5.97 Å². The summed E-state index contributed by atoms with van der Waals surface area (Å²) in [5.41, 5.74) is -0.193. The largest absolute Gasteiger partial charge is 0.476 e. The number of aromatic carboxylic acids is 1. The molecule has 1 saturated carbocycles. The van der Waals surface area contributed by atoms with Crippen LogP contribution in [0.15, 0.2) is 18.7 Å². The van der Waals surface area contributed by atoms with Crippen molar-refractivity contribution in [3.8, 4) is 0 Å². The van der Waals surface area contributed by atoms with E-state index < -0.39 is 12.4 Å². The summed E-state index contributed by atoms with van der Waals surface area (Å²) in [6, 6.07) is 0. The molecule has 1 saturated heterocycles. The van der Waals surface area contributed by atoms with Gasteiger partial charge in [-0.05, 0) is 18.3 Å². The van der Waals surface area contributed by atoms with E-state index >= 15 is 0 Å². The Hall–Kier alpha value is -2.58. The Morgan fingerprint density at radius 3 is 2.71 bits per heavy atom. The number of nitrogens with zero attached hydrogens (tertiary/aromatic N) is 5. The van der Waals surface area contributed by atoms with E-state index in [0.29, 0.717) is 17.8 Å². The molecule has 1 N–H and O–H groups in total. The fourth-order valence-electron chi connectivity index (χ4n) is 3.19. The van der Waals surface area contributed by atoms with Gasteiger partial charge in [-0.3, -0.25) is 0 Å². The highest BCUT2D eigenvalue weighted by molar-refractivity contribution is 5.84. The van der Waals surface area contributed by atoms with Gasteiger partial charge in [-0.25, -0.2) is 28.5 Å². The van der Waals surface area contributed by atoms with E-state index in [1.54, 1.807) is 0 Å². The predicted octanol–water partition coefficient (Wildman–Crippen LogP) is 1.81. The van der Waals surface area contributed by atoms with Crippen LogP contribution < -0.4 is 4.90 Å². The average molecular weight is 335 g/mol. The predicted molar refractivity (Wildman–Crippen MR) is 79.1 cm³/mol. The molecule has 0 spiro atoms. The molecule has 2 aromatic rings. The van der Waals surface area contributed by atoms with Crippen molar-refractivity contribution < 1.29 is 18.7 Å². The van der Waals surface area contributed by atoms with Crippen molar-refractivity contribution >= 4 is 11.9 Å². The summed E-state index contributed by atoms with van der Waals surface area (Å²) >= 11 is 0. The van der Waals surface area contributed by atoms with Gasteiger partial charge in [0.25, 0.3) is 6.43 Å². The van der Waals surface area contributed by atoms with Gasteiger partial charge in [0.15, 0.2) is 5.69 Å². The number of imidazole rings is 1. The van der Waals surface area contributed by atoms with Gasteiger partial charge in [0.05, 0.1) is 12.9 Å². The lowest BCUT2D eigenvalue weighted by atomic mass is 10.2. The molecule has 0 bridgehead atoms. The second-order valence-corrected chi connectivity index (χ2v) is 6.28. The highest BCUT2D eigenvalue weighted by atomic mass is 19.3. The first-order valence-electron chi connectivity index (χ1n) is 7.65. The standard InChI is InChI=1S/C15H15F2N5O2/c16-13(17)12-10(3-21-6-11(14(23)24)19-7-21)2-18-15(20-12)22-4-8-1-9(8)5-22/h2,6-9,13H,1,3-5H2,(H,23,24). The number of alkyl halides is 2. The summed E-state index contributed by atoms with van der Waals surface area (Å²) in [6.07, 6.45) is 2.47. The third kappa shape index (κ3) is 2.70. The summed E-state index contributed by atoms with van der Waals surface area (Å²) in [4.78, 5) is 24.8. The molecule has 2 atom stereocenters. The molecule has 4 rings (SSSR count). The topological polar surface area (TPSA) is 84.1 Å². The molecule has 2 aromatic heterocycles. The van der Waals surface area contributed by atoms with Crippen LogP contribution >= 0.6 is 0 Å². The summed E-state index contributed by atoms with van der Waals surface area (Å²) in [7, 11) is 0. The van der Waals surface area contributed by atoms with Gasteiger partial charge < -0.3 is 14.6 Å². The van der Waals surface area contributed by atoms with Crippen LogP contribution in [0.2, 0.25) is 0 Å². The van der Waals surface area contributed by atoms with Crippen LogP contribution in [0.25, 0.3) is 0 Å². The number of carboxylic acids is 1. The van der Waals surface area contributed by atoms with Crippen molar-refractivity contribution in [3.05, 3.63) is 35.7 Å². The van der Waals surface area contributed by atoms with Crippen LogP contribution in [0.5, 0.6) is 0 Å². The van der Waals surface area contributed by atoms with Crippen molar-refractivity contribution in [1.82, 2.24) is 19.5 Å². The fourth-order valence-corrected chi connectivity index (χ4v) is 3.19. The Balaban J connectivity index is 1.58. The maximum Gasteiger partial charge on any atom is 0.356 e. The Morgan fingerprint density at radius 1 is 1.33 bits per heavy atom. The molecule has 1 aliphatic carbocycles. The molecule has 126 valence electrons. The molecular weight excluding hydrogens is 320 g/mol. The first-order chi connectivity index (χ1) is 11.5. The van der Waals surface area contributed by atoms with Gasteiger partial charge in [0.1, 0.15) is 5.69 Å². The van der Waals surface area contributed by atoms with Crippen LogP contribution in [0.3, 0.4) is 0 Å². The average Bonchev–Trinajstić information content (AvgIpc) is 2.97. The maximum atomic E-state index is 13.4. The lowest BCUT2D eigenvalue weighted by Gasteiger charge is -2.19.